The molecule has 0 atom stereocenters. The molecule has 1 radical (unpaired) electrons. The minimum absolute atomic E-state index is 0.0903. The Hall–Kier alpha value is -1.23. The average Bonchev–Trinajstić information content (AvgIpc) is 2.34. The third-order valence-electron chi connectivity index (χ3n) is 0.809. The van der Waals surface area contributed by atoms with Gasteiger partial charge >= 0.3 is 0 Å². The van der Waals surface area contributed by atoms with Crippen molar-refractivity contribution < 1.29 is 9.59 Å². The number of hydrogen-bond donors (Lipinski definition) is 1. The number of carbonyl (C=O) groups excluding carboxylic acids is 2. The number of anilines is 1. The van der Waals surface area contributed by atoms with Gasteiger partial charge in [0.15, 0.2) is 5.01 Å². The predicted octanol–water partition coefficient (Wildman–Crippen LogP) is 0.0177. The lowest BCUT2D eigenvalue weighted by Crippen LogP contribution is -1.98. The zero-order valence-electron chi connectivity index (χ0n) is 4.83. The van der Waals surface area contributed by atoms with Gasteiger partial charge in [0.2, 0.25) is 0 Å². The summed E-state index contributed by atoms with van der Waals surface area (Å²) in [6.45, 7) is 0. The maximum Gasteiger partial charge on any atom is 0.280 e. The van der Waals surface area contributed by atoms with Gasteiger partial charge in [0, 0.05) is 5.38 Å². The molecule has 0 spiro atoms. The summed E-state index contributed by atoms with van der Waals surface area (Å²) in [5, 5.41) is 1.58. The van der Waals surface area contributed by atoms with Gasteiger partial charge in [-0.2, -0.15) is 0 Å². The number of rotatable bonds is 2. The number of nitrogen functional groups attached to an aromatic ring is 1. The van der Waals surface area contributed by atoms with Gasteiger partial charge in [0.25, 0.3) is 12.1 Å². The van der Waals surface area contributed by atoms with E-state index in [9.17, 15) is 9.59 Å². The number of hydrogen-bond acceptors (Lipinski definition) is 5. The van der Waals surface area contributed by atoms with Gasteiger partial charge in [-0.1, -0.05) is 0 Å². The molecular weight excluding hydrogens is 152 g/mol. The van der Waals surface area contributed by atoms with E-state index in [4.69, 9.17) is 5.73 Å². The molecule has 1 aromatic rings. The number of aromatic nitrogens is 1. The number of carbonyl (C=O) groups is 1. The maximum absolute atomic E-state index is 10.5. The Morgan fingerprint density at radius 2 is 2.50 bits per heavy atom. The Balaban J connectivity index is 2.95. The fourth-order valence-electron chi connectivity index (χ4n) is 0.434. The fraction of sp³-hybridized carbons (Fsp3) is 0. The van der Waals surface area contributed by atoms with Gasteiger partial charge in [0.05, 0.1) is 0 Å². The molecule has 1 aromatic heterocycles. The lowest BCUT2D eigenvalue weighted by molar-refractivity contribution is 0.106. The summed E-state index contributed by atoms with van der Waals surface area (Å²) in [4.78, 5) is 23.8. The minimum Gasteiger partial charge on any atom is -0.383 e. The number of nitrogens with two attached hydrogens (primary N) is 1. The van der Waals surface area contributed by atoms with Crippen LogP contribution < -0.4 is 5.73 Å². The van der Waals surface area contributed by atoms with Crippen LogP contribution in [-0.2, 0) is 4.79 Å². The molecule has 0 aliphatic heterocycles. The Morgan fingerprint density at radius 1 is 1.80 bits per heavy atom. The van der Waals surface area contributed by atoms with Crippen molar-refractivity contribution in [2.24, 2.45) is 0 Å². The van der Waals surface area contributed by atoms with Gasteiger partial charge in [-0.25, -0.2) is 4.98 Å². The molecule has 51 valence electrons. The average molecular weight is 155 g/mol. The highest BCUT2D eigenvalue weighted by Gasteiger charge is 2.08. The van der Waals surface area contributed by atoms with Crippen molar-refractivity contribution in [2.45, 2.75) is 0 Å². The summed E-state index contributed by atoms with van der Waals surface area (Å²) >= 11 is 1.03. The molecule has 4 nitrogen and oxygen atoms in total. The van der Waals surface area contributed by atoms with Crippen LogP contribution in [-0.4, -0.2) is 17.1 Å². The quantitative estimate of drug-likeness (QED) is 0.482. The van der Waals surface area contributed by atoms with Crippen molar-refractivity contribution in [3.05, 3.63) is 10.4 Å². The van der Waals surface area contributed by atoms with Crippen LogP contribution in [0.2, 0.25) is 0 Å². The Labute approximate surface area is 60.7 Å². The third kappa shape index (κ3) is 1.19. The highest BCUT2D eigenvalue weighted by molar-refractivity contribution is 7.12. The second kappa shape index (κ2) is 2.57. The molecule has 10 heavy (non-hydrogen) atoms. The zero-order valence-corrected chi connectivity index (χ0v) is 5.64. The van der Waals surface area contributed by atoms with Gasteiger partial charge < -0.3 is 5.73 Å². The number of Topliss-reactive ketones (excluding diaryl/α,β-unsaturated/α-hetero) is 1. The summed E-state index contributed by atoms with van der Waals surface area (Å²) in [6, 6.07) is 0. The number of nitrogens with zero attached hydrogens (tertiary/aromatic N) is 1. The first-order valence-corrected chi connectivity index (χ1v) is 3.25. The second-order valence-electron chi connectivity index (χ2n) is 1.51. The molecule has 0 amide bonds. The van der Waals surface area contributed by atoms with E-state index in [2.05, 4.69) is 4.98 Å². The van der Waals surface area contributed by atoms with Crippen molar-refractivity contribution >= 4 is 29.2 Å². The number of ketones is 1. The highest BCUT2D eigenvalue weighted by atomic mass is 32.1. The van der Waals surface area contributed by atoms with Crippen LogP contribution in [0, 0.1) is 0 Å². The summed E-state index contributed by atoms with van der Waals surface area (Å²) in [6.07, 6.45) is 1.20. The first-order chi connectivity index (χ1) is 4.74. The molecule has 0 aliphatic rings. The standard InChI is InChI=1S/C5H3N2O2S/c6-4-2-10-5(7-4)3(9)1-8/h2H,6H2. The van der Waals surface area contributed by atoms with E-state index in [0.29, 0.717) is 0 Å². The summed E-state index contributed by atoms with van der Waals surface area (Å²) in [5.41, 5.74) is 5.19. The molecule has 0 aromatic carbocycles. The molecule has 5 heteroatoms. The van der Waals surface area contributed by atoms with E-state index in [1.54, 1.807) is 0 Å². The van der Waals surface area contributed by atoms with Gasteiger partial charge in [-0.3, -0.25) is 9.59 Å². The smallest absolute Gasteiger partial charge is 0.280 e. The molecule has 0 aliphatic carbocycles. The topological polar surface area (TPSA) is 73.1 Å². The van der Waals surface area contributed by atoms with Crippen molar-refractivity contribution in [2.75, 3.05) is 5.73 Å². The third-order valence-corrected chi connectivity index (χ3v) is 1.67. The van der Waals surface area contributed by atoms with Crippen molar-refractivity contribution in [3.8, 4) is 0 Å². The monoisotopic (exact) mass is 155 g/mol. The normalized spacial score (nSPS) is 9.20. The van der Waals surface area contributed by atoms with Crippen LogP contribution in [0.3, 0.4) is 0 Å². The maximum atomic E-state index is 10.5. The van der Waals surface area contributed by atoms with Crippen molar-refractivity contribution in [3.63, 3.8) is 0 Å². The molecule has 0 saturated carbocycles. The van der Waals surface area contributed by atoms with E-state index in [1.165, 1.54) is 11.7 Å². The van der Waals surface area contributed by atoms with Crippen LogP contribution in [0.25, 0.3) is 0 Å². The lowest BCUT2D eigenvalue weighted by Gasteiger charge is -1.78. The van der Waals surface area contributed by atoms with Crippen molar-refractivity contribution in [1.82, 2.24) is 4.98 Å². The van der Waals surface area contributed by atoms with Crippen LogP contribution in [0.15, 0.2) is 5.38 Å². The Morgan fingerprint density at radius 3 is 2.90 bits per heavy atom. The Kier molecular flexibility index (Phi) is 1.77. The predicted molar refractivity (Wildman–Crippen MR) is 36.6 cm³/mol. The molecule has 1 heterocycles. The lowest BCUT2D eigenvalue weighted by atomic mass is 10.5. The molecule has 0 saturated heterocycles. The van der Waals surface area contributed by atoms with E-state index in [0.717, 1.165) is 11.3 Å². The first kappa shape index (κ1) is 6.88. The van der Waals surface area contributed by atoms with Crippen molar-refractivity contribution in [1.29, 1.82) is 0 Å². The van der Waals surface area contributed by atoms with E-state index >= 15 is 0 Å². The van der Waals surface area contributed by atoms with Crippen LogP contribution in [0.5, 0.6) is 0 Å². The zero-order chi connectivity index (χ0) is 7.56. The molecule has 2 N–H and O–H groups in total. The second-order valence-corrected chi connectivity index (χ2v) is 2.37. The summed E-state index contributed by atoms with van der Waals surface area (Å²) in [5.74, 6) is -0.495. The first-order valence-electron chi connectivity index (χ1n) is 2.37. The SMILES string of the molecule is Nc1csc(C(=O)[C]=O)n1. The summed E-state index contributed by atoms with van der Waals surface area (Å²) in [7, 11) is 0. The van der Waals surface area contributed by atoms with Crippen LogP contribution in [0.4, 0.5) is 5.82 Å². The molecule has 0 fully saturated rings. The minimum atomic E-state index is -0.748. The van der Waals surface area contributed by atoms with E-state index in [-0.39, 0.29) is 10.8 Å². The Bertz CT molecular complexity index is 268. The highest BCUT2D eigenvalue weighted by Crippen LogP contribution is 2.10. The fourth-order valence-corrected chi connectivity index (χ4v) is 1.03. The number of thiazole rings is 1. The summed E-state index contributed by atoms with van der Waals surface area (Å²) < 4.78 is 0. The van der Waals surface area contributed by atoms with Gasteiger partial charge in [-0.15, -0.1) is 11.3 Å². The molecular formula is C5H3N2O2S. The van der Waals surface area contributed by atoms with Crippen LogP contribution in [0.1, 0.15) is 9.80 Å². The van der Waals surface area contributed by atoms with E-state index in [1.807, 2.05) is 0 Å². The van der Waals surface area contributed by atoms with Crippen LogP contribution >= 0.6 is 11.3 Å². The molecule has 0 unspecified atom stereocenters. The van der Waals surface area contributed by atoms with Gasteiger partial charge in [0.1, 0.15) is 5.82 Å². The molecule has 0 bridgehead atoms. The largest absolute Gasteiger partial charge is 0.383 e. The molecule has 1 rings (SSSR count). The van der Waals surface area contributed by atoms with E-state index < -0.39 is 5.78 Å². The van der Waals surface area contributed by atoms with Gasteiger partial charge in [-0.05, 0) is 0 Å².